The Kier molecular flexibility index (Phi) is 5.16. The Balaban J connectivity index is 2.06. The highest BCUT2D eigenvalue weighted by Gasteiger charge is 2.30. The van der Waals surface area contributed by atoms with Crippen LogP contribution in [0.5, 0.6) is 0 Å². The minimum atomic E-state index is -3.24. The van der Waals surface area contributed by atoms with E-state index < -0.39 is 14.6 Å². The molecule has 0 radical (unpaired) electrons. The second kappa shape index (κ2) is 6.61. The summed E-state index contributed by atoms with van der Waals surface area (Å²) in [6.45, 7) is 8.76. The van der Waals surface area contributed by atoms with E-state index in [1.54, 1.807) is 45.0 Å². The molecule has 0 bridgehead atoms. The SMILES string of the molecule is CC(C(=O)Nc1cccc(CS(=O)(=O)C(C)(C)C)c1)C1CNC1. The van der Waals surface area contributed by atoms with Crippen molar-refractivity contribution >= 4 is 21.4 Å². The van der Waals surface area contributed by atoms with Crippen LogP contribution in [0, 0.1) is 11.8 Å². The number of benzene rings is 1. The average Bonchev–Trinajstić information content (AvgIpc) is 2.34. The molecule has 1 aromatic carbocycles. The highest BCUT2D eigenvalue weighted by atomic mass is 32.2. The lowest BCUT2D eigenvalue weighted by molar-refractivity contribution is -0.121. The van der Waals surface area contributed by atoms with Crippen LogP contribution in [0.25, 0.3) is 0 Å². The zero-order valence-electron chi connectivity index (χ0n) is 14.2. The van der Waals surface area contributed by atoms with E-state index in [9.17, 15) is 13.2 Å². The third-order valence-corrected chi connectivity index (χ3v) is 7.00. The summed E-state index contributed by atoms with van der Waals surface area (Å²) in [6, 6.07) is 7.08. The van der Waals surface area contributed by atoms with Crippen molar-refractivity contribution in [1.29, 1.82) is 0 Å². The van der Waals surface area contributed by atoms with Crippen molar-refractivity contribution in [2.75, 3.05) is 18.4 Å². The first kappa shape index (κ1) is 17.9. The quantitative estimate of drug-likeness (QED) is 0.863. The van der Waals surface area contributed by atoms with Gasteiger partial charge in [-0.1, -0.05) is 19.1 Å². The van der Waals surface area contributed by atoms with Crippen molar-refractivity contribution in [1.82, 2.24) is 5.32 Å². The first-order chi connectivity index (χ1) is 10.6. The number of anilines is 1. The van der Waals surface area contributed by atoms with Gasteiger partial charge in [-0.2, -0.15) is 0 Å². The van der Waals surface area contributed by atoms with Gasteiger partial charge in [0.2, 0.25) is 5.91 Å². The molecule has 1 saturated heterocycles. The monoisotopic (exact) mass is 338 g/mol. The Labute approximate surface area is 138 Å². The van der Waals surface area contributed by atoms with Crippen molar-refractivity contribution in [2.24, 2.45) is 11.8 Å². The topological polar surface area (TPSA) is 75.3 Å². The van der Waals surface area contributed by atoms with Crippen molar-refractivity contribution in [3.05, 3.63) is 29.8 Å². The highest BCUT2D eigenvalue weighted by molar-refractivity contribution is 7.91. The van der Waals surface area contributed by atoms with Crippen LogP contribution in [0.4, 0.5) is 5.69 Å². The number of carbonyl (C=O) groups excluding carboxylic acids is 1. The lowest BCUT2D eigenvalue weighted by Gasteiger charge is -2.31. The zero-order chi connectivity index (χ0) is 17.3. The number of rotatable bonds is 5. The van der Waals surface area contributed by atoms with Gasteiger partial charge in [-0.25, -0.2) is 8.42 Å². The Hall–Kier alpha value is -1.40. The van der Waals surface area contributed by atoms with Crippen molar-refractivity contribution in [3.8, 4) is 0 Å². The third kappa shape index (κ3) is 4.32. The molecule has 5 nitrogen and oxygen atoms in total. The molecule has 1 amide bonds. The molecule has 0 spiro atoms. The van der Waals surface area contributed by atoms with Gasteiger partial charge in [0, 0.05) is 11.6 Å². The summed E-state index contributed by atoms with van der Waals surface area (Å²) < 4.78 is 23.8. The summed E-state index contributed by atoms with van der Waals surface area (Å²) in [5, 5.41) is 6.06. The normalized spacial score (nSPS) is 17.4. The van der Waals surface area contributed by atoms with Gasteiger partial charge in [0.1, 0.15) is 0 Å². The predicted octanol–water partition coefficient (Wildman–Crippen LogP) is 2.19. The standard InChI is InChI=1S/C17H26N2O3S/c1-12(14-9-18-10-14)16(20)19-15-7-5-6-13(8-15)11-23(21,22)17(2,3)4/h5-8,12,14,18H,9-11H2,1-4H3,(H,19,20). The van der Waals surface area contributed by atoms with E-state index in [0.717, 1.165) is 13.1 Å². The number of carbonyl (C=O) groups is 1. The fraction of sp³-hybridized carbons (Fsp3) is 0.588. The largest absolute Gasteiger partial charge is 0.326 e. The van der Waals surface area contributed by atoms with Gasteiger partial charge in [0.05, 0.1) is 10.5 Å². The molecule has 0 saturated carbocycles. The van der Waals surface area contributed by atoms with Crippen LogP contribution in [0.15, 0.2) is 24.3 Å². The molecule has 1 atom stereocenters. The number of amides is 1. The second-order valence-electron chi connectivity index (χ2n) is 7.27. The first-order valence-electron chi connectivity index (χ1n) is 7.93. The summed E-state index contributed by atoms with van der Waals surface area (Å²) >= 11 is 0. The van der Waals surface area contributed by atoms with Crippen molar-refractivity contribution < 1.29 is 13.2 Å². The number of nitrogens with one attached hydrogen (secondary N) is 2. The summed E-state index contributed by atoms with van der Waals surface area (Å²) in [6.07, 6.45) is 0. The number of hydrogen-bond donors (Lipinski definition) is 2. The number of hydrogen-bond acceptors (Lipinski definition) is 4. The first-order valence-corrected chi connectivity index (χ1v) is 9.58. The van der Waals surface area contributed by atoms with E-state index in [1.807, 2.05) is 6.92 Å². The molecule has 1 fully saturated rings. The molecule has 0 aliphatic carbocycles. The smallest absolute Gasteiger partial charge is 0.227 e. The van der Waals surface area contributed by atoms with Crippen molar-refractivity contribution in [2.45, 2.75) is 38.2 Å². The van der Waals surface area contributed by atoms with Gasteiger partial charge in [0.15, 0.2) is 9.84 Å². The molecule has 1 aliphatic heterocycles. The highest BCUT2D eigenvalue weighted by Crippen LogP contribution is 2.23. The summed E-state index contributed by atoms with van der Waals surface area (Å²) in [7, 11) is -3.24. The van der Waals surface area contributed by atoms with Crippen LogP contribution in [-0.2, 0) is 20.4 Å². The predicted molar refractivity (Wildman–Crippen MR) is 93.0 cm³/mol. The van der Waals surface area contributed by atoms with E-state index in [-0.39, 0.29) is 17.6 Å². The third-order valence-electron chi connectivity index (χ3n) is 4.42. The van der Waals surface area contributed by atoms with Gasteiger partial charge in [-0.3, -0.25) is 4.79 Å². The molecule has 6 heteroatoms. The van der Waals surface area contributed by atoms with Crippen LogP contribution in [0.1, 0.15) is 33.3 Å². The Morgan fingerprint density at radius 1 is 1.35 bits per heavy atom. The van der Waals surface area contributed by atoms with Gasteiger partial charge in [-0.05, 0) is 57.5 Å². The molecular weight excluding hydrogens is 312 g/mol. The van der Waals surface area contributed by atoms with Gasteiger partial charge in [-0.15, -0.1) is 0 Å². The van der Waals surface area contributed by atoms with E-state index in [2.05, 4.69) is 10.6 Å². The van der Waals surface area contributed by atoms with Crippen LogP contribution >= 0.6 is 0 Å². The van der Waals surface area contributed by atoms with Crippen LogP contribution < -0.4 is 10.6 Å². The maximum absolute atomic E-state index is 12.3. The lowest BCUT2D eigenvalue weighted by atomic mass is 9.88. The second-order valence-corrected chi connectivity index (χ2v) is 10.0. The minimum absolute atomic E-state index is 0.0210. The Morgan fingerprint density at radius 2 is 2.00 bits per heavy atom. The van der Waals surface area contributed by atoms with Gasteiger partial charge >= 0.3 is 0 Å². The molecule has 2 rings (SSSR count). The van der Waals surface area contributed by atoms with E-state index in [0.29, 0.717) is 17.2 Å². The fourth-order valence-electron chi connectivity index (χ4n) is 2.31. The van der Waals surface area contributed by atoms with Gasteiger partial charge < -0.3 is 10.6 Å². The molecule has 0 aromatic heterocycles. The minimum Gasteiger partial charge on any atom is -0.326 e. The van der Waals surface area contributed by atoms with E-state index >= 15 is 0 Å². The summed E-state index contributed by atoms with van der Waals surface area (Å²) in [5.41, 5.74) is 1.34. The molecule has 128 valence electrons. The maximum atomic E-state index is 12.3. The molecule has 23 heavy (non-hydrogen) atoms. The van der Waals surface area contributed by atoms with E-state index in [1.165, 1.54) is 0 Å². The summed E-state index contributed by atoms with van der Waals surface area (Å²) in [5.74, 6) is 0.271. The number of sulfone groups is 1. The molecule has 1 aromatic rings. The lowest BCUT2D eigenvalue weighted by Crippen LogP contribution is -2.48. The Morgan fingerprint density at radius 3 is 2.52 bits per heavy atom. The molecule has 1 heterocycles. The zero-order valence-corrected chi connectivity index (χ0v) is 15.0. The fourth-order valence-corrected chi connectivity index (χ4v) is 3.36. The molecule has 1 aliphatic rings. The Bertz CT molecular complexity index is 673. The van der Waals surface area contributed by atoms with Crippen LogP contribution in [-0.4, -0.2) is 32.2 Å². The molecular formula is C17H26N2O3S. The molecule has 2 N–H and O–H groups in total. The van der Waals surface area contributed by atoms with Crippen LogP contribution in [0.2, 0.25) is 0 Å². The maximum Gasteiger partial charge on any atom is 0.227 e. The van der Waals surface area contributed by atoms with Crippen LogP contribution in [0.3, 0.4) is 0 Å². The molecule has 1 unspecified atom stereocenters. The van der Waals surface area contributed by atoms with Crippen molar-refractivity contribution in [3.63, 3.8) is 0 Å². The van der Waals surface area contributed by atoms with Gasteiger partial charge in [0.25, 0.3) is 0 Å². The van der Waals surface area contributed by atoms with E-state index in [4.69, 9.17) is 0 Å². The average molecular weight is 338 g/mol. The summed E-state index contributed by atoms with van der Waals surface area (Å²) in [4.78, 5) is 12.2.